The van der Waals surface area contributed by atoms with Gasteiger partial charge in [0.2, 0.25) is 0 Å². The van der Waals surface area contributed by atoms with E-state index in [1.807, 2.05) is 30.5 Å². The molecule has 0 atom stereocenters. The third kappa shape index (κ3) is 3.94. The molecule has 1 heterocycles. The molecule has 0 spiro atoms. The number of H-pyrrole nitrogens is 1. The molecule has 3 aromatic rings. The van der Waals surface area contributed by atoms with Gasteiger partial charge in [-0.2, -0.15) is 11.8 Å². The van der Waals surface area contributed by atoms with Crippen molar-refractivity contribution in [3.05, 3.63) is 65.2 Å². The number of fused-ring (bicyclic) bond motifs is 1. The number of hydrogen-bond acceptors (Lipinski definition) is 3. The molecule has 0 aliphatic rings. The Kier molecular flexibility index (Phi) is 5.15. The van der Waals surface area contributed by atoms with E-state index in [1.54, 1.807) is 17.8 Å². The van der Waals surface area contributed by atoms with Crippen molar-refractivity contribution in [1.29, 1.82) is 0 Å². The maximum atomic E-state index is 13.2. The summed E-state index contributed by atoms with van der Waals surface area (Å²) < 4.78 is 13.2. The minimum absolute atomic E-state index is 0.104. The second-order valence-corrected chi connectivity index (χ2v) is 6.35. The zero-order chi connectivity index (χ0) is 16.9. The average Bonchev–Trinajstić information content (AvgIpc) is 2.97. The lowest BCUT2D eigenvalue weighted by Crippen LogP contribution is -2.25. The predicted molar refractivity (Wildman–Crippen MR) is 95.7 cm³/mol. The van der Waals surface area contributed by atoms with Crippen LogP contribution in [-0.4, -0.2) is 28.7 Å². The molecule has 2 aromatic carbocycles. The molecule has 1 aromatic heterocycles. The first kappa shape index (κ1) is 16.5. The highest BCUT2D eigenvalue weighted by Crippen LogP contribution is 2.13. The van der Waals surface area contributed by atoms with Gasteiger partial charge in [0.05, 0.1) is 11.0 Å². The SMILES string of the molecule is CSCc1ccc(C(=O)NCCc2nc3ccc(F)cc3[nH]2)cc1. The van der Waals surface area contributed by atoms with Gasteiger partial charge in [0.15, 0.2) is 0 Å². The van der Waals surface area contributed by atoms with Crippen molar-refractivity contribution in [3.63, 3.8) is 0 Å². The number of aromatic nitrogens is 2. The molecule has 0 saturated heterocycles. The van der Waals surface area contributed by atoms with E-state index in [9.17, 15) is 9.18 Å². The Morgan fingerprint density at radius 1 is 1.25 bits per heavy atom. The molecule has 0 unspecified atom stereocenters. The van der Waals surface area contributed by atoms with Crippen molar-refractivity contribution in [2.24, 2.45) is 0 Å². The van der Waals surface area contributed by atoms with E-state index in [4.69, 9.17) is 0 Å². The second kappa shape index (κ2) is 7.49. The van der Waals surface area contributed by atoms with Crippen LogP contribution in [0.2, 0.25) is 0 Å². The van der Waals surface area contributed by atoms with Crippen molar-refractivity contribution in [2.45, 2.75) is 12.2 Å². The summed E-state index contributed by atoms with van der Waals surface area (Å²) in [5, 5.41) is 2.88. The molecule has 0 fully saturated rings. The third-order valence-corrected chi connectivity index (χ3v) is 4.29. The summed E-state index contributed by atoms with van der Waals surface area (Å²) in [6, 6.07) is 12.1. The summed E-state index contributed by atoms with van der Waals surface area (Å²) in [5.74, 6) is 1.27. The van der Waals surface area contributed by atoms with Crippen LogP contribution in [0.3, 0.4) is 0 Å². The minimum atomic E-state index is -0.295. The van der Waals surface area contributed by atoms with Gasteiger partial charge in [-0.1, -0.05) is 12.1 Å². The quantitative estimate of drug-likeness (QED) is 0.720. The number of carbonyl (C=O) groups is 1. The van der Waals surface area contributed by atoms with E-state index in [1.165, 1.54) is 17.7 Å². The van der Waals surface area contributed by atoms with Gasteiger partial charge in [0.1, 0.15) is 11.6 Å². The van der Waals surface area contributed by atoms with E-state index in [0.29, 0.717) is 24.0 Å². The first-order valence-corrected chi connectivity index (χ1v) is 9.05. The number of halogens is 1. The Hall–Kier alpha value is -2.34. The van der Waals surface area contributed by atoms with Gasteiger partial charge in [-0.25, -0.2) is 9.37 Å². The summed E-state index contributed by atoms with van der Waals surface area (Å²) in [7, 11) is 0. The third-order valence-electron chi connectivity index (χ3n) is 3.67. The predicted octanol–water partition coefficient (Wildman–Crippen LogP) is 3.54. The molecule has 124 valence electrons. The molecule has 0 saturated carbocycles. The van der Waals surface area contributed by atoms with E-state index < -0.39 is 0 Å². The van der Waals surface area contributed by atoms with Gasteiger partial charge in [-0.3, -0.25) is 4.79 Å². The molecule has 1 amide bonds. The number of imidazole rings is 1. The van der Waals surface area contributed by atoms with E-state index in [0.717, 1.165) is 17.1 Å². The summed E-state index contributed by atoms with van der Waals surface area (Å²) in [6.45, 7) is 0.466. The van der Waals surface area contributed by atoms with Crippen LogP contribution in [0.15, 0.2) is 42.5 Å². The first-order valence-electron chi connectivity index (χ1n) is 7.66. The fourth-order valence-corrected chi connectivity index (χ4v) is 2.99. The zero-order valence-corrected chi connectivity index (χ0v) is 14.1. The fourth-order valence-electron chi connectivity index (χ4n) is 2.47. The Bertz CT molecular complexity index is 845. The van der Waals surface area contributed by atoms with Crippen molar-refractivity contribution >= 4 is 28.7 Å². The topological polar surface area (TPSA) is 57.8 Å². The van der Waals surface area contributed by atoms with Crippen molar-refractivity contribution < 1.29 is 9.18 Å². The van der Waals surface area contributed by atoms with Crippen LogP contribution >= 0.6 is 11.8 Å². The van der Waals surface area contributed by atoms with Gasteiger partial charge >= 0.3 is 0 Å². The number of rotatable bonds is 6. The van der Waals surface area contributed by atoms with Crippen LogP contribution in [-0.2, 0) is 12.2 Å². The normalized spacial score (nSPS) is 10.9. The molecule has 2 N–H and O–H groups in total. The molecular formula is C18H18FN3OS. The van der Waals surface area contributed by atoms with Crippen molar-refractivity contribution in [2.75, 3.05) is 12.8 Å². The lowest BCUT2D eigenvalue weighted by Gasteiger charge is -2.05. The van der Waals surface area contributed by atoms with Gasteiger partial charge in [-0.15, -0.1) is 0 Å². The van der Waals surface area contributed by atoms with Crippen LogP contribution in [0.4, 0.5) is 4.39 Å². The number of aromatic amines is 1. The molecule has 24 heavy (non-hydrogen) atoms. The number of hydrogen-bond donors (Lipinski definition) is 2. The van der Waals surface area contributed by atoms with Crippen LogP contribution in [0.5, 0.6) is 0 Å². The minimum Gasteiger partial charge on any atom is -0.352 e. The molecule has 6 heteroatoms. The molecule has 0 aliphatic heterocycles. The lowest BCUT2D eigenvalue weighted by atomic mass is 10.1. The monoisotopic (exact) mass is 343 g/mol. The summed E-state index contributed by atoms with van der Waals surface area (Å²) in [5.41, 5.74) is 3.24. The highest BCUT2D eigenvalue weighted by atomic mass is 32.2. The maximum Gasteiger partial charge on any atom is 0.251 e. The standard InChI is InChI=1S/C18H18FN3OS/c1-24-11-12-2-4-13(5-3-12)18(23)20-9-8-17-21-15-7-6-14(19)10-16(15)22-17/h2-7,10H,8-9,11H2,1H3,(H,20,23)(H,21,22). The second-order valence-electron chi connectivity index (χ2n) is 5.48. The Morgan fingerprint density at radius 3 is 2.79 bits per heavy atom. The Balaban J connectivity index is 1.55. The van der Waals surface area contributed by atoms with Gasteiger partial charge < -0.3 is 10.3 Å². The highest BCUT2D eigenvalue weighted by Gasteiger charge is 2.07. The Morgan fingerprint density at radius 2 is 2.04 bits per heavy atom. The van der Waals surface area contributed by atoms with Crippen molar-refractivity contribution in [3.8, 4) is 0 Å². The van der Waals surface area contributed by atoms with Crippen LogP contribution in [0.25, 0.3) is 11.0 Å². The number of benzene rings is 2. The Labute approximate surface area is 143 Å². The van der Waals surface area contributed by atoms with Crippen LogP contribution < -0.4 is 5.32 Å². The van der Waals surface area contributed by atoms with E-state index in [2.05, 4.69) is 15.3 Å². The fraction of sp³-hybridized carbons (Fsp3) is 0.222. The smallest absolute Gasteiger partial charge is 0.251 e. The van der Waals surface area contributed by atoms with Crippen LogP contribution in [0, 0.1) is 5.82 Å². The van der Waals surface area contributed by atoms with Gasteiger partial charge in [0, 0.05) is 24.3 Å². The van der Waals surface area contributed by atoms with Crippen LogP contribution in [0.1, 0.15) is 21.7 Å². The number of nitrogens with zero attached hydrogens (tertiary/aromatic N) is 1. The van der Waals surface area contributed by atoms with Gasteiger partial charge in [0.25, 0.3) is 5.91 Å². The number of carbonyl (C=O) groups excluding carboxylic acids is 1. The molecular weight excluding hydrogens is 325 g/mol. The largest absolute Gasteiger partial charge is 0.352 e. The number of nitrogens with one attached hydrogen (secondary N) is 2. The number of thioether (sulfide) groups is 1. The molecule has 3 rings (SSSR count). The lowest BCUT2D eigenvalue weighted by molar-refractivity contribution is 0.0954. The molecule has 0 aliphatic carbocycles. The molecule has 4 nitrogen and oxygen atoms in total. The van der Waals surface area contributed by atoms with Gasteiger partial charge in [-0.05, 0) is 42.2 Å². The number of amides is 1. The highest BCUT2D eigenvalue weighted by molar-refractivity contribution is 7.97. The maximum absolute atomic E-state index is 13.2. The molecule has 0 bridgehead atoms. The first-order chi connectivity index (χ1) is 11.7. The summed E-state index contributed by atoms with van der Waals surface area (Å²) in [4.78, 5) is 19.6. The average molecular weight is 343 g/mol. The summed E-state index contributed by atoms with van der Waals surface area (Å²) in [6.07, 6.45) is 2.61. The molecule has 0 radical (unpaired) electrons. The van der Waals surface area contributed by atoms with E-state index in [-0.39, 0.29) is 11.7 Å². The van der Waals surface area contributed by atoms with E-state index >= 15 is 0 Å². The van der Waals surface area contributed by atoms with Crippen molar-refractivity contribution in [1.82, 2.24) is 15.3 Å². The zero-order valence-electron chi connectivity index (χ0n) is 13.3. The summed E-state index contributed by atoms with van der Waals surface area (Å²) >= 11 is 1.75.